The summed E-state index contributed by atoms with van der Waals surface area (Å²) < 4.78 is 0. The van der Waals surface area contributed by atoms with Gasteiger partial charge in [-0.15, -0.1) is 0 Å². The molecule has 0 bridgehead atoms. The lowest BCUT2D eigenvalue weighted by Crippen LogP contribution is -2.06. The first-order valence-corrected chi connectivity index (χ1v) is 14.0. The van der Waals surface area contributed by atoms with Crippen molar-refractivity contribution in [3.63, 3.8) is 0 Å². The van der Waals surface area contributed by atoms with Crippen LogP contribution in [0.1, 0.15) is 124 Å². The van der Waals surface area contributed by atoms with Crippen molar-refractivity contribution in [1.29, 1.82) is 0 Å². The third-order valence-corrected chi connectivity index (χ3v) is 7.49. The van der Waals surface area contributed by atoms with E-state index >= 15 is 0 Å². The molecule has 0 radical (unpaired) electrons. The molecule has 3 rings (SSSR count). The van der Waals surface area contributed by atoms with Gasteiger partial charge in [-0.1, -0.05) is 139 Å². The van der Waals surface area contributed by atoms with Crippen molar-refractivity contribution in [2.24, 2.45) is 0 Å². The van der Waals surface area contributed by atoms with Gasteiger partial charge in [0.15, 0.2) is 0 Å². The fraction of sp³-hybridized carbons (Fsp3) is 0.471. The molecule has 3 aromatic carbocycles. The van der Waals surface area contributed by atoms with E-state index in [-0.39, 0.29) is 0 Å². The number of hydrogen-bond acceptors (Lipinski definition) is 0. The van der Waals surface area contributed by atoms with E-state index in [2.05, 4.69) is 100 Å². The molecule has 0 aliphatic carbocycles. The second-order valence-corrected chi connectivity index (χ2v) is 9.96. The second kappa shape index (κ2) is 14.1. The molecule has 0 aliphatic rings. The highest BCUT2D eigenvalue weighted by Gasteiger charge is 2.18. The van der Waals surface area contributed by atoms with Crippen LogP contribution in [0, 0.1) is 0 Å². The maximum Gasteiger partial charge on any atom is 0.00894 e. The van der Waals surface area contributed by atoms with Gasteiger partial charge in [-0.05, 0) is 59.1 Å². The highest BCUT2D eigenvalue weighted by atomic mass is 14.2. The molecule has 34 heavy (non-hydrogen) atoms. The van der Waals surface area contributed by atoms with Crippen LogP contribution in [0.4, 0.5) is 0 Å². The summed E-state index contributed by atoms with van der Waals surface area (Å²) >= 11 is 0. The quantitative estimate of drug-likeness (QED) is 0.212. The molecule has 0 spiro atoms. The van der Waals surface area contributed by atoms with Crippen molar-refractivity contribution in [2.45, 2.75) is 104 Å². The van der Waals surface area contributed by atoms with E-state index in [1.165, 1.54) is 84.7 Å². The molecule has 0 heteroatoms. The number of rotatable bonds is 14. The lowest BCUT2D eigenvalue weighted by molar-refractivity contribution is 0.609. The maximum absolute atomic E-state index is 2.54. The van der Waals surface area contributed by atoms with Crippen molar-refractivity contribution < 1.29 is 0 Å². The van der Waals surface area contributed by atoms with Crippen LogP contribution in [0.2, 0.25) is 0 Å². The minimum atomic E-state index is 0.483. The van der Waals surface area contributed by atoms with Crippen molar-refractivity contribution in [2.75, 3.05) is 0 Å². The van der Waals surface area contributed by atoms with Crippen LogP contribution < -0.4 is 0 Å². The Morgan fingerprint density at radius 1 is 0.471 bits per heavy atom. The SMILES string of the molecule is CCCCCC(c1ccc(CC)cc1)c1cccc(C(CCCCC)c2ccc(CC)cc2)c1. The molecular weight excluding hydrogens is 408 g/mol. The Labute approximate surface area is 209 Å². The number of aryl methyl sites for hydroxylation is 2. The first-order valence-electron chi connectivity index (χ1n) is 14.0. The highest BCUT2D eigenvalue weighted by molar-refractivity contribution is 5.40. The fourth-order valence-electron chi connectivity index (χ4n) is 5.21. The summed E-state index contributed by atoms with van der Waals surface area (Å²) in [5, 5.41) is 0. The van der Waals surface area contributed by atoms with Gasteiger partial charge in [0.25, 0.3) is 0 Å². The van der Waals surface area contributed by atoms with Crippen LogP contribution in [0.5, 0.6) is 0 Å². The Balaban J connectivity index is 1.94. The zero-order valence-electron chi connectivity index (χ0n) is 22.2. The Morgan fingerprint density at radius 2 is 0.882 bits per heavy atom. The van der Waals surface area contributed by atoms with Gasteiger partial charge in [0.2, 0.25) is 0 Å². The summed E-state index contributed by atoms with van der Waals surface area (Å²) in [5.41, 5.74) is 8.78. The minimum absolute atomic E-state index is 0.483. The summed E-state index contributed by atoms with van der Waals surface area (Å²) in [6, 6.07) is 28.4. The van der Waals surface area contributed by atoms with Gasteiger partial charge >= 0.3 is 0 Å². The van der Waals surface area contributed by atoms with Crippen molar-refractivity contribution in [1.82, 2.24) is 0 Å². The predicted molar refractivity (Wildman–Crippen MR) is 150 cm³/mol. The lowest BCUT2D eigenvalue weighted by atomic mass is 9.82. The van der Waals surface area contributed by atoms with E-state index in [4.69, 9.17) is 0 Å². The van der Waals surface area contributed by atoms with E-state index in [1.54, 1.807) is 0 Å². The summed E-state index contributed by atoms with van der Waals surface area (Å²) in [6.07, 6.45) is 12.4. The molecule has 0 aliphatic heterocycles. The van der Waals surface area contributed by atoms with Gasteiger partial charge in [-0.3, -0.25) is 0 Å². The molecule has 2 unspecified atom stereocenters. The van der Waals surface area contributed by atoms with Gasteiger partial charge in [0.1, 0.15) is 0 Å². The normalized spacial score (nSPS) is 13.1. The highest BCUT2D eigenvalue weighted by Crippen LogP contribution is 2.35. The van der Waals surface area contributed by atoms with Crippen LogP contribution in [0.3, 0.4) is 0 Å². The van der Waals surface area contributed by atoms with E-state index in [9.17, 15) is 0 Å². The van der Waals surface area contributed by atoms with Crippen molar-refractivity contribution in [3.8, 4) is 0 Å². The largest absolute Gasteiger partial charge is 0.0654 e. The smallest absolute Gasteiger partial charge is 0.00894 e. The second-order valence-electron chi connectivity index (χ2n) is 9.96. The topological polar surface area (TPSA) is 0 Å². The third-order valence-electron chi connectivity index (χ3n) is 7.49. The Kier molecular flexibility index (Phi) is 10.9. The van der Waals surface area contributed by atoms with Crippen molar-refractivity contribution in [3.05, 3.63) is 106 Å². The molecule has 0 saturated heterocycles. The Morgan fingerprint density at radius 3 is 1.24 bits per heavy atom. The first-order chi connectivity index (χ1) is 16.7. The average Bonchev–Trinajstić information content (AvgIpc) is 2.89. The maximum atomic E-state index is 2.54. The molecule has 0 amide bonds. The van der Waals surface area contributed by atoms with Gasteiger partial charge < -0.3 is 0 Å². The molecule has 0 heterocycles. The zero-order chi connectivity index (χ0) is 24.2. The number of benzene rings is 3. The van der Waals surface area contributed by atoms with Gasteiger partial charge in [-0.25, -0.2) is 0 Å². The molecule has 0 N–H and O–H groups in total. The molecule has 3 aromatic rings. The molecule has 0 nitrogen and oxygen atoms in total. The molecule has 0 aromatic heterocycles. The molecule has 2 atom stereocenters. The summed E-state index contributed by atoms with van der Waals surface area (Å²) in [6.45, 7) is 9.08. The Hall–Kier alpha value is -2.34. The predicted octanol–water partition coefficient (Wildman–Crippen LogP) is 10.2. The zero-order valence-corrected chi connectivity index (χ0v) is 22.2. The monoisotopic (exact) mass is 454 g/mol. The molecule has 0 fully saturated rings. The summed E-state index contributed by atoms with van der Waals surface area (Å²) in [5.74, 6) is 0.965. The van der Waals surface area contributed by atoms with E-state index in [0.29, 0.717) is 11.8 Å². The van der Waals surface area contributed by atoms with Gasteiger partial charge in [0.05, 0.1) is 0 Å². The summed E-state index contributed by atoms with van der Waals surface area (Å²) in [4.78, 5) is 0. The van der Waals surface area contributed by atoms with Crippen molar-refractivity contribution >= 4 is 0 Å². The van der Waals surface area contributed by atoms with Gasteiger partial charge in [-0.2, -0.15) is 0 Å². The minimum Gasteiger partial charge on any atom is -0.0654 e. The molecule has 0 saturated carbocycles. The van der Waals surface area contributed by atoms with E-state index in [0.717, 1.165) is 12.8 Å². The van der Waals surface area contributed by atoms with E-state index in [1.807, 2.05) is 0 Å². The molecule has 182 valence electrons. The van der Waals surface area contributed by atoms with Crippen LogP contribution >= 0.6 is 0 Å². The molecular formula is C34H46. The van der Waals surface area contributed by atoms with Crippen LogP contribution in [-0.4, -0.2) is 0 Å². The van der Waals surface area contributed by atoms with Crippen LogP contribution in [0.25, 0.3) is 0 Å². The Bertz CT molecular complexity index is 871. The summed E-state index contributed by atoms with van der Waals surface area (Å²) in [7, 11) is 0. The average molecular weight is 455 g/mol. The van der Waals surface area contributed by atoms with Crippen LogP contribution in [-0.2, 0) is 12.8 Å². The van der Waals surface area contributed by atoms with E-state index < -0.39 is 0 Å². The third kappa shape index (κ3) is 7.33. The first kappa shape index (κ1) is 26.3. The fourth-order valence-corrected chi connectivity index (χ4v) is 5.21. The standard InChI is InChI=1S/C34H46/c1-5-9-11-16-33(29-22-18-27(7-3)19-23-29)31-14-13-15-32(26-31)34(17-12-10-6-2)30-24-20-28(8-4)21-25-30/h13-15,18-26,33-34H,5-12,16-17H2,1-4H3. The lowest BCUT2D eigenvalue weighted by Gasteiger charge is -2.23. The number of hydrogen-bond donors (Lipinski definition) is 0. The van der Waals surface area contributed by atoms with Crippen LogP contribution in [0.15, 0.2) is 72.8 Å². The van der Waals surface area contributed by atoms with Gasteiger partial charge in [0, 0.05) is 11.8 Å². The number of unbranched alkanes of at least 4 members (excludes halogenated alkanes) is 4.